The van der Waals surface area contributed by atoms with Crippen LogP contribution in [0.2, 0.25) is 0 Å². The van der Waals surface area contributed by atoms with Crippen molar-refractivity contribution < 1.29 is 4.79 Å². The summed E-state index contributed by atoms with van der Waals surface area (Å²) < 4.78 is -0.321. The van der Waals surface area contributed by atoms with Crippen molar-refractivity contribution in [1.82, 2.24) is 4.90 Å². The third kappa shape index (κ3) is 3.54. The Morgan fingerprint density at radius 3 is 1.71 bits per heavy atom. The molecule has 0 saturated carbocycles. The fourth-order valence-electron chi connectivity index (χ4n) is 5.63. The monoisotopic (exact) mass is 493 g/mol. The van der Waals surface area contributed by atoms with Crippen molar-refractivity contribution in [2.45, 2.75) is 22.1 Å². The van der Waals surface area contributed by atoms with Crippen LogP contribution < -0.4 is 0 Å². The molecule has 2 saturated heterocycles. The Hall–Kier alpha value is -2.95. The van der Waals surface area contributed by atoms with Crippen LogP contribution in [0.3, 0.4) is 0 Å². The lowest BCUT2D eigenvalue weighted by atomic mass is 9.84. The number of benzene rings is 4. The molecule has 0 aliphatic carbocycles. The highest BCUT2D eigenvalue weighted by Crippen LogP contribution is 2.76. The van der Waals surface area contributed by atoms with Crippen LogP contribution in [0.15, 0.2) is 121 Å². The smallest absolute Gasteiger partial charge is 0.255 e. The van der Waals surface area contributed by atoms with Crippen molar-refractivity contribution in [3.8, 4) is 0 Å². The Morgan fingerprint density at radius 2 is 1.14 bits per heavy atom. The molecule has 6 rings (SSSR count). The molecule has 2 aliphatic heterocycles. The van der Waals surface area contributed by atoms with Gasteiger partial charge in [-0.25, -0.2) is 0 Å². The average molecular weight is 494 g/mol. The molecule has 1 amide bonds. The van der Waals surface area contributed by atoms with Crippen molar-refractivity contribution in [1.29, 1.82) is 0 Å². The maximum absolute atomic E-state index is 14.3. The Kier molecular flexibility index (Phi) is 5.95. The molecule has 2 unspecified atom stereocenters. The van der Waals surface area contributed by atoms with Gasteiger partial charge in [-0.05, 0) is 46.7 Å². The molecule has 4 aromatic rings. The predicted octanol–water partition coefficient (Wildman–Crippen LogP) is 7.50. The van der Waals surface area contributed by atoms with Crippen LogP contribution >= 0.6 is 23.5 Å². The molecular weight excluding hydrogens is 466 g/mol. The van der Waals surface area contributed by atoms with E-state index in [1.54, 1.807) is 0 Å². The number of rotatable bonds is 5. The SMILES string of the molecule is O=C(c1ccccc1)N1C(c2ccccc2)C1(c1ccccc1)C1(c2ccccc2)SCCCS1. The zero-order chi connectivity index (χ0) is 23.7. The summed E-state index contributed by atoms with van der Waals surface area (Å²) in [5, 5.41) is 0. The standard InChI is InChI=1S/C31H27NOS2/c33-29(25-16-7-2-8-17-25)32-28(24-14-5-1-6-15-24)30(32,26-18-9-3-10-19-26)31(34-22-13-23-35-31)27-20-11-4-12-21-27/h1-12,14-21,28H,13,22-23H2. The number of carbonyl (C=O) groups excluding carboxylic acids is 1. The van der Waals surface area contributed by atoms with E-state index in [0.717, 1.165) is 17.1 Å². The zero-order valence-corrected chi connectivity index (χ0v) is 21.1. The molecule has 174 valence electrons. The van der Waals surface area contributed by atoms with Gasteiger partial charge in [0.2, 0.25) is 0 Å². The van der Waals surface area contributed by atoms with Crippen molar-refractivity contribution in [3.63, 3.8) is 0 Å². The summed E-state index contributed by atoms with van der Waals surface area (Å²) in [5.41, 5.74) is 3.88. The predicted molar refractivity (Wildman–Crippen MR) is 148 cm³/mol. The third-order valence-electron chi connectivity index (χ3n) is 7.09. The first-order valence-corrected chi connectivity index (χ1v) is 14.1. The molecule has 4 aromatic carbocycles. The van der Waals surface area contributed by atoms with E-state index < -0.39 is 5.54 Å². The van der Waals surface area contributed by atoms with Gasteiger partial charge >= 0.3 is 0 Å². The van der Waals surface area contributed by atoms with Crippen molar-refractivity contribution in [2.75, 3.05) is 11.5 Å². The van der Waals surface area contributed by atoms with E-state index in [9.17, 15) is 4.79 Å². The first-order chi connectivity index (χ1) is 17.3. The second kappa shape index (κ2) is 9.25. The second-order valence-corrected chi connectivity index (χ2v) is 11.9. The van der Waals surface area contributed by atoms with Gasteiger partial charge in [0, 0.05) is 5.56 Å². The summed E-state index contributed by atoms with van der Waals surface area (Å²) in [4.78, 5) is 16.5. The van der Waals surface area contributed by atoms with Crippen LogP contribution in [0.4, 0.5) is 0 Å². The largest absolute Gasteiger partial charge is 0.314 e. The fraction of sp³-hybridized carbons (Fsp3) is 0.194. The summed E-state index contributed by atoms with van der Waals surface area (Å²) in [5.74, 6) is 2.24. The molecule has 2 fully saturated rings. The average Bonchev–Trinajstić information content (AvgIpc) is 3.67. The number of hydrogen-bond donors (Lipinski definition) is 0. The van der Waals surface area contributed by atoms with E-state index in [2.05, 4.69) is 95.9 Å². The van der Waals surface area contributed by atoms with E-state index in [-0.39, 0.29) is 16.0 Å². The first-order valence-electron chi connectivity index (χ1n) is 12.1. The van der Waals surface area contributed by atoms with Crippen LogP contribution in [-0.2, 0) is 9.62 Å². The number of hydrogen-bond acceptors (Lipinski definition) is 3. The van der Waals surface area contributed by atoms with E-state index in [4.69, 9.17) is 0 Å². The van der Waals surface area contributed by atoms with Crippen molar-refractivity contribution in [3.05, 3.63) is 144 Å². The molecule has 0 spiro atoms. The Labute approximate surface area is 215 Å². The van der Waals surface area contributed by atoms with Crippen molar-refractivity contribution >= 4 is 29.4 Å². The van der Waals surface area contributed by atoms with Crippen LogP contribution in [0.25, 0.3) is 0 Å². The van der Waals surface area contributed by atoms with E-state index in [0.29, 0.717) is 0 Å². The molecule has 0 radical (unpaired) electrons. The van der Waals surface area contributed by atoms with Crippen LogP contribution in [0, 0.1) is 0 Å². The molecule has 2 heterocycles. The quantitative estimate of drug-likeness (QED) is 0.268. The molecular formula is C31H27NOS2. The van der Waals surface area contributed by atoms with E-state index in [1.807, 2.05) is 53.9 Å². The van der Waals surface area contributed by atoms with Gasteiger partial charge in [-0.2, -0.15) is 0 Å². The molecule has 2 aliphatic rings. The highest BCUT2D eigenvalue weighted by atomic mass is 32.2. The second-order valence-electron chi connectivity index (χ2n) is 9.02. The summed E-state index contributed by atoms with van der Waals surface area (Å²) >= 11 is 4.02. The number of carbonyl (C=O) groups is 1. The summed E-state index contributed by atoms with van der Waals surface area (Å²) in [6, 6.07) is 41.9. The topological polar surface area (TPSA) is 20.1 Å². The van der Waals surface area contributed by atoms with E-state index >= 15 is 0 Å². The normalized spacial score (nSPS) is 23.0. The Bertz CT molecular complexity index is 1290. The maximum Gasteiger partial charge on any atom is 0.255 e. The van der Waals surface area contributed by atoms with Gasteiger partial charge in [0.05, 0.1) is 6.04 Å². The molecule has 0 aromatic heterocycles. The minimum absolute atomic E-state index is 0.0582. The van der Waals surface area contributed by atoms with Crippen LogP contribution in [-0.4, -0.2) is 22.3 Å². The zero-order valence-electron chi connectivity index (χ0n) is 19.4. The minimum Gasteiger partial charge on any atom is -0.314 e. The Balaban J connectivity index is 1.64. The van der Waals surface area contributed by atoms with Gasteiger partial charge < -0.3 is 4.90 Å². The molecule has 35 heavy (non-hydrogen) atoms. The van der Waals surface area contributed by atoms with Crippen LogP contribution in [0.5, 0.6) is 0 Å². The Morgan fingerprint density at radius 1 is 0.657 bits per heavy atom. The van der Waals surface area contributed by atoms with Gasteiger partial charge in [0.15, 0.2) is 0 Å². The maximum atomic E-state index is 14.3. The van der Waals surface area contributed by atoms with Gasteiger partial charge in [-0.1, -0.05) is 109 Å². The molecule has 2 nitrogen and oxygen atoms in total. The minimum atomic E-state index is -0.514. The lowest BCUT2D eigenvalue weighted by molar-refractivity contribution is 0.0841. The van der Waals surface area contributed by atoms with E-state index in [1.165, 1.54) is 23.1 Å². The summed E-state index contributed by atoms with van der Waals surface area (Å²) in [7, 11) is 0. The lowest BCUT2D eigenvalue weighted by Gasteiger charge is -2.44. The lowest BCUT2D eigenvalue weighted by Crippen LogP contribution is -2.42. The molecule has 2 atom stereocenters. The highest BCUT2D eigenvalue weighted by Gasteiger charge is 2.77. The fourth-order valence-corrected chi connectivity index (χ4v) is 9.50. The summed E-state index contributed by atoms with van der Waals surface area (Å²) in [6.07, 6.45) is 1.18. The molecule has 0 bridgehead atoms. The van der Waals surface area contributed by atoms with Gasteiger partial charge in [-0.15, -0.1) is 23.5 Å². The number of amides is 1. The first kappa shape index (κ1) is 22.5. The highest BCUT2D eigenvalue weighted by molar-refractivity contribution is 8.18. The van der Waals surface area contributed by atoms with Crippen LogP contribution in [0.1, 0.15) is 39.5 Å². The van der Waals surface area contributed by atoms with Gasteiger partial charge in [0.25, 0.3) is 5.91 Å². The number of nitrogens with zero attached hydrogens (tertiary/aromatic N) is 1. The third-order valence-corrected chi connectivity index (χ3v) is 10.7. The molecule has 0 N–H and O–H groups in total. The molecule has 4 heteroatoms. The van der Waals surface area contributed by atoms with Gasteiger partial charge in [-0.3, -0.25) is 4.79 Å². The van der Waals surface area contributed by atoms with Crippen molar-refractivity contribution in [2.24, 2.45) is 0 Å². The number of thioether (sulfide) groups is 2. The summed E-state index contributed by atoms with van der Waals surface area (Å²) in [6.45, 7) is 0. The van der Waals surface area contributed by atoms with Gasteiger partial charge in [0.1, 0.15) is 9.62 Å².